The van der Waals surface area contributed by atoms with Gasteiger partial charge in [-0.05, 0) is 53.6 Å². The average Bonchev–Trinajstić information content (AvgIpc) is 2.95. The molecule has 4 rings (SSSR count). The fourth-order valence-corrected chi connectivity index (χ4v) is 4.08. The second-order valence-corrected chi connectivity index (χ2v) is 8.63. The third-order valence-corrected chi connectivity index (χ3v) is 6.14. The van der Waals surface area contributed by atoms with Gasteiger partial charge in [0.15, 0.2) is 0 Å². The summed E-state index contributed by atoms with van der Waals surface area (Å²) in [6, 6.07) is 24.8. The van der Waals surface area contributed by atoms with Crippen LogP contribution in [0.3, 0.4) is 0 Å². The predicted molar refractivity (Wildman–Crippen MR) is 146 cm³/mol. The smallest absolute Gasteiger partial charge is 0.252 e. The molecule has 0 fully saturated rings. The molecule has 194 valence electrons. The number of ether oxygens (including phenoxy) is 2. The van der Waals surface area contributed by atoms with Crippen molar-refractivity contribution in [1.29, 1.82) is 0 Å². The molecule has 3 amide bonds. The highest BCUT2D eigenvalue weighted by Gasteiger charge is 2.27. The topological polar surface area (TPSA) is 106 Å². The number of hydrogen-bond acceptors (Lipinski definition) is 5. The van der Waals surface area contributed by atoms with Gasteiger partial charge in [-0.2, -0.15) is 0 Å². The number of nitrogens with one attached hydrogen (secondary N) is 3. The summed E-state index contributed by atoms with van der Waals surface area (Å²) in [5.41, 5.74) is 1.46. The van der Waals surface area contributed by atoms with Crippen molar-refractivity contribution in [3.8, 4) is 11.5 Å². The Morgan fingerprint density at radius 3 is 2.13 bits per heavy atom. The minimum Gasteiger partial charge on any atom is -0.497 e. The van der Waals surface area contributed by atoms with Gasteiger partial charge in [0, 0.05) is 5.56 Å². The van der Waals surface area contributed by atoms with E-state index in [9.17, 15) is 14.4 Å². The minimum absolute atomic E-state index is 0.413. The van der Waals surface area contributed by atoms with Gasteiger partial charge in [-0.25, -0.2) is 0 Å². The molecule has 2 atom stereocenters. The number of carbonyl (C=O) groups is 3. The van der Waals surface area contributed by atoms with Crippen LogP contribution in [0.15, 0.2) is 91.0 Å². The largest absolute Gasteiger partial charge is 0.497 e. The molecule has 0 heterocycles. The van der Waals surface area contributed by atoms with E-state index in [0.717, 1.165) is 10.8 Å². The molecule has 8 heteroatoms. The maximum absolute atomic E-state index is 13.5. The Bertz CT molecular complexity index is 1450. The summed E-state index contributed by atoms with van der Waals surface area (Å²) in [7, 11) is 3.05. The monoisotopic (exact) mass is 511 g/mol. The second-order valence-electron chi connectivity index (χ2n) is 8.63. The van der Waals surface area contributed by atoms with Crippen LogP contribution in [0.1, 0.15) is 28.9 Å². The SMILES string of the molecule is COc1ccc([C@H](NC(=O)c2cccc3ccccc23)C(=O)NC(C)C(=O)Nc2ccccc2OC)cc1. The van der Waals surface area contributed by atoms with Gasteiger partial charge in [0.1, 0.15) is 23.6 Å². The van der Waals surface area contributed by atoms with Crippen molar-refractivity contribution in [2.24, 2.45) is 0 Å². The number of amides is 3. The third kappa shape index (κ3) is 5.92. The maximum atomic E-state index is 13.5. The van der Waals surface area contributed by atoms with E-state index < -0.39 is 29.8 Å². The van der Waals surface area contributed by atoms with Gasteiger partial charge in [0.25, 0.3) is 5.91 Å². The van der Waals surface area contributed by atoms with Gasteiger partial charge in [-0.3, -0.25) is 14.4 Å². The van der Waals surface area contributed by atoms with E-state index in [0.29, 0.717) is 28.3 Å². The van der Waals surface area contributed by atoms with Crippen molar-refractivity contribution in [2.75, 3.05) is 19.5 Å². The summed E-state index contributed by atoms with van der Waals surface area (Å²) in [6.07, 6.45) is 0. The quantitative estimate of drug-likeness (QED) is 0.308. The first kappa shape index (κ1) is 26.2. The Morgan fingerprint density at radius 2 is 1.39 bits per heavy atom. The van der Waals surface area contributed by atoms with E-state index in [4.69, 9.17) is 9.47 Å². The summed E-state index contributed by atoms with van der Waals surface area (Å²) in [4.78, 5) is 39.7. The van der Waals surface area contributed by atoms with E-state index >= 15 is 0 Å². The van der Waals surface area contributed by atoms with Crippen LogP contribution in [-0.2, 0) is 9.59 Å². The zero-order chi connectivity index (χ0) is 27.1. The maximum Gasteiger partial charge on any atom is 0.252 e. The van der Waals surface area contributed by atoms with Crippen LogP contribution < -0.4 is 25.4 Å². The van der Waals surface area contributed by atoms with Crippen molar-refractivity contribution in [3.05, 3.63) is 102 Å². The highest BCUT2D eigenvalue weighted by atomic mass is 16.5. The summed E-state index contributed by atoms with van der Waals surface area (Å²) < 4.78 is 10.5. The van der Waals surface area contributed by atoms with Gasteiger partial charge >= 0.3 is 0 Å². The molecule has 1 unspecified atom stereocenters. The van der Waals surface area contributed by atoms with Crippen LogP contribution in [0.4, 0.5) is 5.69 Å². The molecule has 38 heavy (non-hydrogen) atoms. The highest BCUT2D eigenvalue weighted by Crippen LogP contribution is 2.24. The van der Waals surface area contributed by atoms with Crippen molar-refractivity contribution in [3.63, 3.8) is 0 Å². The van der Waals surface area contributed by atoms with Gasteiger partial charge in [0.05, 0.1) is 19.9 Å². The van der Waals surface area contributed by atoms with Crippen LogP contribution >= 0.6 is 0 Å². The Balaban J connectivity index is 1.56. The van der Waals surface area contributed by atoms with Crippen LogP contribution in [0.2, 0.25) is 0 Å². The Hall–Kier alpha value is -4.85. The number of fused-ring (bicyclic) bond motifs is 1. The van der Waals surface area contributed by atoms with E-state index in [1.54, 1.807) is 74.7 Å². The molecule has 0 saturated carbocycles. The Morgan fingerprint density at radius 1 is 0.711 bits per heavy atom. The van der Waals surface area contributed by atoms with Crippen LogP contribution in [0.25, 0.3) is 10.8 Å². The second kappa shape index (κ2) is 11.9. The minimum atomic E-state index is -1.06. The number of anilines is 1. The lowest BCUT2D eigenvalue weighted by Crippen LogP contribution is -2.47. The molecule has 0 aliphatic carbocycles. The lowest BCUT2D eigenvalue weighted by Gasteiger charge is -2.22. The summed E-state index contributed by atoms with van der Waals surface area (Å²) in [5, 5.41) is 10.0. The zero-order valence-corrected chi connectivity index (χ0v) is 21.4. The van der Waals surface area contributed by atoms with E-state index in [1.807, 2.05) is 30.3 Å². The number of rotatable bonds is 9. The van der Waals surface area contributed by atoms with Crippen molar-refractivity contribution < 1.29 is 23.9 Å². The summed E-state index contributed by atoms with van der Waals surface area (Å²) >= 11 is 0. The summed E-state index contributed by atoms with van der Waals surface area (Å²) in [6.45, 7) is 1.57. The molecule has 0 radical (unpaired) electrons. The lowest BCUT2D eigenvalue weighted by atomic mass is 10.0. The molecular formula is C30H29N3O5. The zero-order valence-electron chi connectivity index (χ0n) is 21.4. The van der Waals surface area contributed by atoms with Gasteiger partial charge in [0.2, 0.25) is 11.8 Å². The molecule has 0 aliphatic rings. The van der Waals surface area contributed by atoms with Gasteiger partial charge < -0.3 is 25.4 Å². The number of carbonyl (C=O) groups excluding carboxylic acids is 3. The number of benzene rings is 4. The molecule has 4 aromatic rings. The molecule has 0 bridgehead atoms. The molecule has 4 aromatic carbocycles. The number of para-hydroxylation sites is 2. The van der Waals surface area contributed by atoms with Crippen molar-refractivity contribution in [1.82, 2.24) is 10.6 Å². The Labute approximate surface area is 221 Å². The third-order valence-electron chi connectivity index (χ3n) is 6.14. The fourth-order valence-electron chi connectivity index (χ4n) is 4.08. The van der Waals surface area contributed by atoms with E-state index in [1.165, 1.54) is 7.11 Å². The number of hydrogen-bond donors (Lipinski definition) is 3. The first-order chi connectivity index (χ1) is 18.4. The first-order valence-corrected chi connectivity index (χ1v) is 12.1. The van der Waals surface area contributed by atoms with Crippen molar-refractivity contribution in [2.45, 2.75) is 19.0 Å². The molecule has 0 aromatic heterocycles. The predicted octanol–water partition coefficient (Wildman–Crippen LogP) is 4.47. The highest BCUT2D eigenvalue weighted by molar-refractivity contribution is 6.08. The van der Waals surface area contributed by atoms with Gasteiger partial charge in [-0.15, -0.1) is 0 Å². The standard InChI is InChI=1S/C30H29N3O5/c1-19(28(34)32-25-13-6-7-14-26(25)38-3)31-30(36)27(21-15-17-22(37-2)18-16-21)33-29(35)24-12-8-10-20-9-4-5-11-23(20)24/h4-19,27H,1-3H3,(H,31,36)(H,32,34)(H,33,35)/t19?,27-/m0/s1. The average molecular weight is 512 g/mol. The molecule has 0 spiro atoms. The molecule has 0 aliphatic heterocycles. The molecular weight excluding hydrogens is 482 g/mol. The molecule has 0 saturated heterocycles. The van der Waals surface area contributed by atoms with E-state index in [-0.39, 0.29) is 0 Å². The van der Waals surface area contributed by atoms with Crippen LogP contribution in [-0.4, -0.2) is 38.0 Å². The molecule has 8 nitrogen and oxygen atoms in total. The molecule has 3 N–H and O–H groups in total. The van der Waals surface area contributed by atoms with Crippen LogP contribution in [0, 0.1) is 0 Å². The van der Waals surface area contributed by atoms with Gasteiger partial charge in [-0.1, -0.05) is 60.7 Å². The normalized spacial score (nSPS) is 12.2. The van der Waals surface area contributed by atoms with Crippen molar-refractivity contribution >= 4 is 34.2 Å². The lowest BCUT2D eigenvalue weighted by molar-refractivity contribution is -0.127. The Kier molecular flexibility index (Phi) is 8.23. The summed E-state index contributed by atoms with van der Waals surface area (Å²) in [5.74, 6) is -0.275. The van der Waals surface area contributed by atoms with Crippen LogP contribution in [0.5, 0.6) is 11.5 Å². The van der Waals surface area contributed by atoms with E-state index in [2.05, 4.69) is 16.0 Å². The number of methoxy groups -OCH3 is 2. The fraction of sp³-hybridized carbons (Fsp3) is 0.167. The first-order valence-electron chi connectivity index (χ1n) is 12.1.